The predicted octanol–water partition coefficient (Wildman–Crippen LogP) is 4.33. The molecule has 0 saturated heterocycles. The van der Waals surface area contributed by atoms with Gasteiger partial charge in [-0.05, 0) is 42.5 Å². The fraction of sp³-hybridized carbons (Fsp3) is 0. The van der Waals surface area contributed by atoms with Gasteiger partial charge in [-0.1, -0.05) is 24.3 Å². The molecule has 4 rings (SSSR count). The summed E-state index contributed by atoms with van der Waals surface area (Å²) in [7, 11) is 0. The van der Waals surface area contributed by atoms with Gasteiger partial charge in [0.2, 0.25) is 0 Å². The van der Waals surface area contributed by atoms with Gasteiger partial charge in [0.05, 0.1) is 5.52 Å². The summed E-state index contributed by atoms with van der Waals surface area (Å²) in [6, 6.07) is 21.3. The molecular formula is C21H16N4O2. The van der Waals surface area contributed by atoms with Crippen LogP contribution in [-0.2, 0) is 0 Å². The lowest BCUT2D eigenvalue weighted by Crippen LogP contribution is -2.12. The number of anilines is 3. The quantitative estimate of drug-likeness (QED) is 0.506. The summed E-state index contributed by atoms with van der Waals surface area (Å²) in [5.74, 6) is 0.502. The Balaban J connectivity index is 1.58. The van der Waals surface area contributed by atoms with E-state index in [2.05, 4.69) is 20.6 Å². The molecule has 6 heteroatoms. The molecular weight excluding hydrogens is 340 g/mol. The van der Waals surface area contributed by atoms with E-state index < -0.39 is 0 Å². The van der Waals surface area contributed by atoms with E-state index in [1.807, 2.05) is 30.3 Å². The van der Waals surface area contributed by atoms with Crippen LogP contribution in [0.5, 0.6) is 5.75 Å². The van der Waals surface area contributed by atoms with Gasteiger partial charge < -0.3 is 15.7 Å². The summed E-state index contributed by atoms with van der Waals surface area (Å²) in [6.07, 6.45) is 1.50. The number of para-hydroxylation sites is 1. The minimum Gasteiger partial charge on any atom is -0.508 e. The molecule has 4 aromatic rings. The highest BCUT2D eigenvalue weighted by atomic mass is 16.3. The number of phenols is 1. The second kappa shape index (κ2) is 7.13. The lowest BCUT2D eigenvalue weighted by atomic mass is 10.1. The number of benzene rings is 3. The molecule has 6 nitrogen and oxygen atoms in total. The van der Waals surface area contributed by atoms with Crippen molar-refractivity contribution in [2.75, 3.05) is 10.6 Å². The number of fused-ring (bicyclic) bond motifs is 1. The Hall–Kier alpha value is -3.93. The first-order valence-corrected chi connectivity index (χ1v) is 8.36. The van der Waals surface area contributed by atoms with Crippen molar-refractivity contribution >= 4 is 34.0 Å². The first-order valence-electron chi connectivity index (χ1n) is 8.36. The lowest BCUT2D eigenvalue weighted by Gasteiger charge is -2.10. The van der Waals surface area contributed by atoms with Crippen molar-refractivity contribution in [3.8, 4) is 5.75 Å². The number of hydrogen-bond donors (Lipinski definition) is 3. The van der Waals surface area contributed by atoms with Gasteiger partial charge >= 0.3 is 0 Å². The normalized spacial score (nSPS) is 10.5. The molecule has 0 aliphatic rings. The third-order valence-corrected chi connectivity index (χ3v) is 4.03. The topological polar surface area (TPSA) is 87.1 Å². The van der Waals surface area contributed by atoms with Crippen molar-refractivity contribution in [3.63, 3.8) is 0 Å². The molecule has 0 aliphatic carbocycles. The number of hydrogen-bond acceptors (Lipinski definition) is 5. The number of amides is 1. The summed E-state index contributed by atoms with van der Waals surface area (Å²) in [5, 5.41) is 16.4. The predicted molar refractivity (Wildman–Crippen MR) is 105 cm³/mol. The third kappa shape index (κ3) is 3.69. The van der Waals surface area contributed by atoms with Crippen LogP contribution >= 0.6 is 0 Å². The van der Waals surface area contributed by atoms with Crippen LogP contribution in [0.3, 0.4) is 0 Å². The van der Waals surface area contributed by atoms with Crippen LogP contribution in [0.15, 0.2) is 79.1 Å². The number of carbonyl (C=O) groups excluding carboxylic acids is 1. The molecule has 0 atom stereocenters. The summed E-state index contributed by atoms with van der Waals surface area (Å²) >= 11 is 0. The molecule has 3 N–H and O–H groups in total. The number of aromatic nitrogens is 2. The van der Waals surface area contributed by atoms with Gasteiger partial charge in [-0.2, -0.15) is 0 Å². The van der Waals surface area contributed by atoms with E-state index in [1.54, 1.807) is 36.4 Å². The lowest BCUT2D eigenvalue weighted by molar-refractivity contribution is 0.102. The van der Waals surface area contributed by atoms with Crippen LogP contribution in [0.1, 0.15) is 10.4 Å². The number of carbonyl (C=O) groups is 1. The summed E-state index contributed by atoms with van der Waals surface area (Å²) in [4.78, 5) is 21.0. The van der Waals surface area contributed by atoms with E-state index in [1.165, 1.54) is 12.4 Å². The van der Waals surface area contributed by atoms with Crippen LogP contribution in [0.25, 0.3) is 10.9 Å². The Bertz CT molecular complexity index is 1120. The van der Waals surface area contributed by atoms with Gasteiger partial charge in [-0.3, -0.25) is 4.79 Å². The highest BCUT2D eigenvalue weighted by Gasteiger charge is 2.09. The van der Waals surface area contributed by atoms with E-state index in [0.717, 1.165) is 16.6 Å². The molecule has 0 radical (unpaired) electrons. The van der Waals surface area contributed by atoms with Crippen molar-refractivity contribution in [1.82, 2.24) is 9.97 Å². The molecule has 1 amide bonds. The number of aromatic hydroxyl groups is 1. The smallest absolute Gasteiger partial charge is 0.255 e. The third-order valence-electron chi connectivity index (χ3n) is 4.03. The Morgan fingerprint density at radius 1 is 0.852 bits per heavy atom. The van der Waals surface area contributed by atoms with Crippen molar-refractivity contribution in [3.05, 3.63) is 84.7 Å². The van der Waals surface area contributed by atoms with Crippen molar-refractivity contribution < 1.29 is 9.90 Å². The van der Waals surface area contributed by atoms with Crippen molar-refractivity contribution in [1.29, 1.82) is 0 Å². The largest absolute Gasteiger partial charge is 0.508 e. The zero-order valence-electron chi connectivity index (χ0n) is 14.3. The average Bonchev–Trinajstić information content (AvgIpc) is 2.68. The monoisotopic (exact) mass is 356 g/mol. The van der Waals surface area contributed by atoms with Gasteiger partial charge in [0.25, 0.3) is 5.91 Å². The maximum atomic E-state index is 12.5. The minimum absolute atomic E-state index is 0.0962. The molecule has 0 unspecified atom stereocenters. The van der Waals surface area contributed by atoms with E-state index in [9.17, 15) is 9.90 Å². The highest BCUT2D eigenvalue weighted by Crippen LogP contribution is 2.23. The molecule has 0 spiro atoms. The SMILES string of the molecule is O=C(Nc1cccc(O)c1)c1cccc(Nc2ncnc3ccccc23)c1. The van der Waals surface area contributed by atoms with Crippen molar-refractivity contribution in [2.24, 2.45) is 0 Å². The highest BCUT2D eigenvalue weighted by molar-refractivity contribution is 6.05. The van der Waals surface area contributed by atoms with E-state index in [4.69, 9.17) is 0 Å². The molecule has 0 aliphatic heterocycles. The van der Waals surface area contributed by atoms with E-state index >= 15 is 0 Å². The molecule has 3 aromatic carbocycles. The fourth-order valence-corrected chi connectivity index (χ4v) is 2.77. The fourth-order valence-electron chi connectivity index (χ4n) is 2.77. The molecule has 0 bridgehead atoms. The molecule has 27 heavy (non-hydrogen) atoms. The zero-order chi connectivity index (χ0) is 18.6. The average molecular weight is 356 g/mol. The van der Waals surface area contributed by atoms with E-state index in [-0.39, 0.29) is 11.7 Å². The minimum atomic E-state index is -0.267. The van der Waals surface area contributed by atoms with E-state index in [0.29, 0.717) is 17.1 Å². The van der Waals surface area contributed by atoms with Gasteiger partial charge in [-0.15, -0.1) is 0 Å². The van der Waals surface area contributed by atoms with Gasteiger partial charge in [-0.25, -0.2) is 9.97 Å². The second-order valence-corrected chi connectivity index (χ2v) is 5.95. The van der Waals surface area contributed by atoms with Gasteiger partial charge in [0.1, 0.15) is 17.9 Å². The molecule has 132 valence electrons. The maximum Gasteiger partial charge on any atom is 0.255 e. The first-order chi connectivity index (χ1) is 13.2. The Labute approximate surface area is 155 Å². The van der Waals surface area contributed by atoms with Crippen LogP contribution in [0.4, 0.5) is 17.2 Å². The molecule has 1 heterocycles. The maximum absolute atomic E-state index is 12.5. The number of nitrogens with one attached hydrogen (secondary N) is 2. The number of phenolic OH excluding ortho intramolecular Hbond substituents is 1. The Kier molecular flexibility index (Phi) is 4.37. The standard InChI is InChI=1S/C21H16N4O2/c26-17-8-4-7-16(12-17)25-21(27)14-5-3-6-15(11-14)24-20-18-9-1-2-10-19(18)22-13-23-20/h1-13,26H,(H,25,27)(H,22,23,24). The van der Waals surface area contributed by atoms with Gasteiger partial charge in [0.15, 0.2) is 0 Å². The van der Waals surface area contributed by atoms with Crippen LogP contribution in [0.2, 0.25) is 0 Å². The first kappa shape index (κ1) is 16.5. The summed E-state index contributed by atoms with van der Waals surface area (Å²) in [5.41, 5.74) is 2.59. The second-order valence-electron chi connectivity index (χ2n) is 5.95. The Morgan fingerprint density at radius 3 is 2.56 bits per heavy atom. The zero-order valence-corrected chi connectivity index (χ0v) is 14.3. The van der Waals surface area contributed by atoms with Gasteiger partial charge in [0, 0.05) is 28.4 Å². The van der Waals surface area contributed by atoms with Crippen LogP contribution in [-0.4, -0.2) is 21.0 Å². The molecule has 0 saturated carbocycles. The number of nitrogens with zero attached hydrogens (tertiary/aromatic N) is 2. The molecule has 1 aromatic heterocycles. The van der Waals surface area contributed by atoms with Crippen molar-refractivity contribution in [2.45, 2.75) is 0 Å². The van der Waals surface area contributed by atoms with Crippen LogP contribution in [0, 0.1) is 0 Å². The Morgan fingerprint density at radius 2 is 1.67 bits per heavy atom. The summed E-state index contributed by atoms with van der Waals surface area (Å²) in [6.45, 7) is 0. The van der Waals surface area contributed by atoms with Crippen LogP contribution < -0.4 is 10.6 Å². The summed E-state index contributed by atoms with van der Waals surface area (Å²) < 4.78 is 0. The number of rotatable bonds is 4. The molecule has 0 fully saturated rings.